The third-order valence-electron chi connectivity index (χ3n) is 5.74. The monoisotopic (exact) mass is 466 g/mol. The molecule has 3 aromatic rings. The number of hydrogen-bond acceptors (Lipinski definition) is 5. The lowest BCUT2D eigenvalue weighted by atomic mass is 10.1. The topological polar surface area (TPSA) is 76.2 Å². The molecule has 33 heavy (non-hydrogen) atoms. The van der Waals surface area contributed by atoms with E-state index >= 15 is 0 Å². The van der Waals surface area contributed by atoms with Crippen LogP contribution in [-0.2, 0) is 21.2 Å². The van der Waals surface area contributed by atoms with E-state index < -0.39 is 10.0 Å². The highest BCUT2D eigenvalue weighted by molar-refractivity contribution is 7.92. The Kier molecular flexibility index (Phi) is 6.29. The Bertz CT molecular complexity index is 1260. The summed E-state index contributed by atoms with van der Waals surface area (Å²) in [5.74, 6) is 0.488. The molecule has 0 radical (unpaired) electrons. The molecule has 1 amide bonds. The van der Waals surface area contributed by atoms with Gasteiger partial charge >= 0.3 is 0 Å². The highest BCUT2D eigenvalue weighted by Gasteiger charge is 2.35. The first-order valence-electron chi connectivity index (χ1n) is 10.6. The summed E-state index contributed by atoms with van der Waals surface area (Å²) < 4.78 is 39.2. The van der Waals surface area contributed by atoms with Gasteiger partial charge in [0.15, 0.2) is 0 Å². The minimum absolute atomic E-state index is 0.0751. The number of fused-ring (bicyclic) bond motifs is 1. The Balaban J connectivity index is 1.78. The van der Waals surface area contributed by atoms with Crippen LogP contribution in [-0.4, -0.2) is 41.1 Å². The maximum Gasteiger partial charge on any atom is 0.264 e. The molecule has 0 aliphatic carbocycles. The summed E-state index contributed by atoms with van der Waals surface area (Å²) in [6, 6.07) is 20.5. The fourth-order valence-electron chi connectivity index (χ4n) is 4.15. The number of methoxy groups -OCH3 is 2. The van der Waals surface area contributed by atoms with E-state index in [2.05, 4.69) is 0 Å². The van der Waals surface area contributed by atoms with E-state index in [-0.39, 0.29) is 34.8 Å². The molecule has 1 atom stereocenters. The van der Waals surface area contributed by atoms with Crippen molar-refractivity contribution in [1.29, 1.82) is 0 Å². The van der Waals surface area contributed by atoms with Crippen LogP contribution in [0.4, 0.5) is 11.4 Å². The molecule has 3 aromatic carbocycles. The van der Waals surface area contributed by atoms with Gasteiger partial charge in [-0.05, 0) is 49.2 Å². The third-order valence-corrected chi connectivity index (χ3v) is 7.52. The van der Waals surface area contributed by atoms with Gasteiger partial charge in [0.1, 0.15) is 18.0 Å². The van der Waals surface area contributed by atoms with Crippen LogP contribution in [0.15, 0.2) is 77.7 Å². The summed E-state index contributed by atoms with van der Waals surface area (Å²) in [7, 11) is -1.09. The van der Waals surface area contributed by atoms with Gasteiger partial charge in [0.2, 0.25) is 5.91 Å². The molecule has 0 bridgehead atoms. The second-order valence-corrected chi connectivity index (χ2v) is 9.67. The third kappa shape index (κ3) is 4.26. The zero-order valence-corrected chi connectivity index (χ0v) is 19.6. The van der Waals surface area contributed by atoms with Crippen LogP contribution in [0.1, 0.15) is 12.5 Å². The van der Waals surface area contributed by atoms with Gasteiger partial charge in [0, 0.05) is 17.8 Å². The minimum Gasteiger partial charge on any atom is -0.497 e. The number of rotatable bonds is 7. The molecule has 4 rings (SSSR count). The maximum absolute atomic E-state index is 13.7. The maximum atomic E-state index is 13.7. The zero-order valence-electron chi connectivity index (χ0n) is 18.8. The van der Waals surface area contributed by atoms with Crippen molar-refractivity contribution >= 4 is 27.3 Å². The molecule has 1 heterocycles. The smallest absolute Gasteiger partial charge is 0.264 e. The van der Waals surface area contributed by atoms with Crippen LogP contribution >= 0.6 is 0 Å². The number of nitrogens with zero attached hydrogens (tertiary/aromatic N) is 2. The average Bonchev–Trinajstić information content (AvgIpc) is 3.18. The molecular formula is C25H26N2O5S. The zero-order chi connectivity index (χ0) is 23.6. The quantitative estimate of drug-likeness (QED) is 0.528. The second kappa shape index (κ2) is 9.15. The molecule has 0 N–H and O–H groups in total. The minimum atomic E-state index is -4.06. The van der Waals surface area contributed by atoms with Crippen LogP contribution < -0.4 is 18.7 Å². The standard InChI is InChI=1S/C25H26N2O5S/c1-18-15-19-9-7-8-12-22(19)27(18)25(28)17-26(33(29,30)21-10-5-4-6-11-21)23-14-13-20(31-2)16-24(23)32-3/h4-14,16,18H,15,17H2,1-3H3. The van der Waals surface area contributed by atoms with E-state index in [1.165, 1.54) is 26.4 Å². The molecule has 0 saturated carbocycles. The Labute approximate surface area is 194 Å². The number of carbonyl (C=O) groups excluding carboxylic acids is 1. The molecule has 1 aliphatic rings. The van der Waals surface area contributed by atoms with Gasteiger partial charge in [-0.1, -0.05) is 36.4 Å². The van der Waals surface area contributed by atoms with Crippen LogP contribution in [0.5, 0.6) is 11.5 Å². The van der Waals surface area contributed by atoms with Gasteiger partial charge in [0.05, 0.1) is 24.8 Å². The molecule has 0 fully saturated rings. The van der Waals surface area contributed by atoms with E-state index in [0.717, 1.165) is 22.0 Å². The average molecular weight is 467 g/mol. The molecule has 0 spiro atoms. The highest BCUT2D eigenvalue weighted by Crippen LogP contribution is 2.37. The van der Waals surface area contributed by atoms with Gasteiger partial charge < -0.3 is 14.4 Å². The molecular weight excluding hydrogens is 440 g/mol. The predicted octanol–water partition coefficient (Wildman–Crippen LogP) is 3.88. The summed E-state index contributed by atoms with van der Waals surface area (Å²) in [5, 5.41) is 0. The van der Waals surface area contributed by atoms with Crippen molar-refractivity contribution in [2.24, 2.45) is 0 Å². The van der Waals surface area contributed by atoms with Gasteiger partial charge in [0.25, 0.3) is 10.0 Å². The first-order valence-corrected chi connectivity index (χ1v) is 12.0. The lowest BCUT2D eigenvalue weighted by Crippen LogP contribution is -2.45. The fourth-order valence-corrected chi connectivity index (χ4v) is 5.60. The molecule has 7 nitrogen and oxygen atoms in total. The lowest BCUT2D eigenvalue weighted by Gasteiger charge is -2.29. The second-order valence-electron chi connectivity index (χ2n) is 7.81. The van der Waals surface area contributed by atoms with Crippen molar-refractivity contribution in [3.8, 4) is 11.5 Å². The van der Waals surface area contributed by atoms with Crippen molar-refractivity contribution in [3.63, 3.8) is 0 Å². The first kappa shape index (κ1) is 22.7. The van der Waals surface area contributed by atoms with Gasteiger partial charge in [-0.2, -0.15) is 0 Å². The van der Waals surface area contributed by atoms with Crippen molar-refractivity contribution in [2.75, 3.05) is 30.0 Å². The van der Waals surface area contributed by atoms with Crippen LogP contribution in [0.3, 0.4) is 0 Å². The first-order chi connectivity index (χ1) is 15.9. The fraction of sp³-hybridized carbons (Fsp3) is 0.240. The van der Waals surface area contributed by atoms with E-state index in [9.17, 15) is 13.2 Å². The summed E-state index contributed by atoms with van der Waals surface area (Å²) >= 11 is 0. The van der Waals surface area contributed by atoms with Crippen molar-refractivity contribution in [2.45, 2.75) is 24.3 Å². The highest BCUT2D eigenvalue weighted by atomic mass is 32.2. The number of hydrogen-bond donors (Lipinski definition) is 0. The van der Waals surface area contributed by atoms with E-state index in [1.54, 1.807) is 41.3 Å². The van der Waals surface area contributed by atoms with Gasteiger partial charge in [-0.15, -0.1) is 0 Å². The SMILES string of the molecule is COc1ccc(N(CC(=O)N2c3ccccc3CC2C)S(=O)(=O)c2ccccc2)c(OC)c1. The number of amides is 1. The van der Waals surface area contributed by atoms with E-state index in [4.69, 9.17) is 9.47 Å². The molecule has 1 aliphatic heterocycles. The Morgan fingerprint density at radius 3 is 2.39 bits per heavy atom. The van der Waals surface area contributed by atoms with Crippen LogP contribution in [0.25, 0.3) is 0 Å². The van der Waals surface area contributed by atoms with Crippen molar-refractivity contribution in [3.05, 3.63) is 78.4 Å². The Hall–Kier alpha value is -3.52. The molecule has 8 heteroatoms. The normalized spacial score (nSPS) is 15.1. The van der Waals surface area contributed by atoms with E-state index in [1.807, 2.05) is 31.2 Å². The van der Waals surface area contributed by atoms with Gasteiger partial charge in [-0.25, -0.2) is 8.42 Å². The number of benzene rings is 3. The number of ether oxygens (including phenoxy) is 2. The van der Waals surface area contributed by atoms with E-state index in [0.29, 0.717) is 5.75 Å². The molecule has 0 saturated heterocycles. The Morgan fingerprint density at radius 1 is 1.00 bits per heavy atom. The Morgan fingerprint density at radius 2 is 1.70 bits per heavy atom. The van der Waals surface area contributed by atoms with Crippen molar-refractivity contribution < 1.29 is 22.7 Å². The summed E-state index contributed by atoms with van der Waals surface area (Å²) in [5.41, 5.74) is 2.14. The molecule has 1 unspecified atom stereocenters. The summed E-state index contributed by atoms with van der Waals surface area (Å²) in [6.45, 7) is 1.58. The number of sulfonamides is 1. The molecule has 172 valence electrons. The largest absolute Gasteiger partial charge is 0.497 e. The molecule has 0 aromatic heterocycles. The number of anilines is 2. The number of carbonyl (C=O) groups is 1. The van der Waals surface area contributed by atoms with Gasteiger partial charge in [-0.3, -0.25) is 9.10 Å². The number of para-hydroxylation sites is 1. The summed E-state index contributed by atoms with van der Waals surface area (Å²) in [6.07, 6.45) is 0.721. The van der Waals surface area contributed by atoms with Crippen LogP contribution in [0.2, 0.25) is 0 Å². The lowest BCUT2D eigenvalue weighted by molar-refractivity contribution is -0.117. The predicted molar refractivity (Wildman–Crippen MR) is 128 cm³/mol. The van der Waals surface area contributed by atoms with Crippen molar-refractivity contribution in [1.82, 2.24) is 0 Å². The summed E-state index contributed by atoms with van der Waals surface area (Å²) in [4.78, 5) is 15.3. The van der Waals surface area contributed by atoms with Crippen LogP contribution in [0, 0.1) is 0 Å².